The normalized spacial score (nSPS) is 19.3. The monoisotopic (exact) mass is 704 g/mol. The van der Waals surface area contributed by atoms with Crippen LogP contribution < -0.4 is 25.0 Å². The molecule has 0 saturated carbocycles. The number of halogens is 3. The van der Waals surface area contributed by atoms with Gasteiger partial charge in [0.25, 0.3) is 0 Å². The van der Waals surface area contributed by atoms with E-state index in [1.54, 1.807) is 24.3 Å². The van der Waals surface area contributed by atoms with Crippen LogP contribution in [0.5, 0.6) is 5.75 Å². The lowest BCUT2D eigenvalue weighted by atomic mass is 9.82. The molecule has 3 atom stereocenters. The van der Waals surface area contributed by atoms with E-state index in [0.29, 0.717) is 21.1 Å². The molecular weight excluding hydrogens is 682 g/mol. The second-order valence-electron chi connectivity index (χ2n) is 10.6. The Kier molecular flexibility index (Phi) is 8.27. The number of ether oxygens (including phenoxy) is 1. The highest BCUT2D eigenvalue weighted by molar-refractivity contribution is 8.00. The van der Waals surface area contributed by atoms with E-state index in [-0.39, 0.29) is 15.6 Å². The molecule has 0 radical (unpaired) electrons. The summed E-state index contributed by atoms with van der Waals surface area (Å²) in [6, 6.07) is 16.0. The number of nitrogens with zero attached hydrogens (tertiary/aromatic N) is 2. The van der Waals surface area contributed by atoms with Crippen molar-refractivity contribution in [2.75, 3.05) is 17.3 Å². The minimum absolute atomic E-state index is 0.172. The summed E-state index contributed by atoms with van der Waals surface area (Å²) in [5.41, 5.74) is -1.10. The largest absolute Gasteiger partial charge is 0.496 e. The number of thiazole rings is 1. The van der Waals surface area contributed by atoms with Crippen LogP contribution in [0.15, 0.2) is 87.5 Å². The first-order valence-corrected chi connectivity index (χ1v) is 16.9. The number of methoxy groups -OCH3 is 1. The zero-order chi connectivity index (χ0) is 33.8. The van der Waals surface area contributed by atoms with Gasteiger partial charge in [-0.05, 0) is 42.5 Å². The minimum Gasteiger partial charge on any atom is -0.496 e. The van der Waals surface area contributed by atoms with E-state index in [9.17, 15) is 40.8 Å². The Morgan fingerprint density at radius 2 is 1.64 bits per heavy atom. The molecule has 3 heterocycles. The Balaban J connectivity index is 1.41. The van der Waals surface area contributed by atoms with Gasteiger partial charge in [-0.3, -0.25) is 23.7 Å². The highest BCUT2D eigenvalue weighted by atomic mass is 32.2. The maximum Gasteiger partial charge on any atom is 0.418 e. The molecule has 11 nitrogen and oxygen atoms in total. The summed E-state index contributed by atoms with van der Waals surface area (Å²) in [6.07, 6.45) is -4.86. The summed E-state index contributed by atoms with van der Waals surface area (Å²) < 4.78 is 71.8. The number of primary sulfonamides is 1. The van der Waals surface area contributed by atoms with Crippen molar-refractivity contribution >= 4 is 62.2 Å². The first-order valence-electron chi connectivity index (χ1n) is 13.7. The predicted octanol–water partition coefficient (Wildman–Crippen LogP) is 4.02. The average molecular weight is 705 g/mol. The van der Waals surface area contributed by atoms with Crippen LogP contribution in [-0.2, 0) is 37.1 Å². The molecule has 2 aliphatic heterocycles. The predicted molar refractivity (Wildman–Crippen MR) is 167 cm³/mol. The van der Waals surface area contributed by atoms with Crippen molar-refractivity contribution in [3.63, 3.8) is 0 Å². The number of hydrogen-bond acceptors (Lipinski definition) is 9. The van der Waals surface area contributed by atoms with Crippen LogP contribution in [0.3, 0.4) is 0 Å². The molecule has 17 heteroatoms. The van der Waals surface area contributed by atoms with Gasteiger partial charge in [-0.2, -0.15) is 13.2 Å². The number of carbonyl (C=O) groups is 3. The van der Waals surface area contributed by atoms with Gasteiger partial charge in [0.1, 0.15) is 17.5 Å². The summed E-state index contributed by atoms with van der Waals surface area (Å²) in [5, 5.41) is 6.66. The lowest BCUT2D eigenvalue weighted by Crippen LogP contribution is -2.33. The highest BCUT2D eigenvalue weighted by Crippen LogP contribution is 2.55. The van der Waals surface area contributed by atoms with E-state index < -0.39 is 73.7 Å². The maximum atomic E-state index is 14.1. The quantitative estimate of drug-likeness (QED) is 0.273. The fourth-order valence-corrected chi connectivity index (χ4v) is 9.01. The van der Waals surface area contributed by atoms with Crippen LogP contribution in [0.1, 0.15) is 21.9 Å². The minimum atomic E-state index is -4.86. The number of imide groups is 1. The number of aromatic nitrogens is 1. The van der Waals surface area contributed by atoms with Crippen LogP contribution >= 0.6 is 23.1 Å². The van der Waals surface area contributed by atoms with Crippen LogP contribution in [-0.4, -0.2) is 43.1 Å². The molecule has 0 bridgehead atoms. The number of para-hydroxylation sites is 2. The van der Waals surface area contributed by atoms with Crippen molar-refractivity contribution in [2.45, 2.75) is 33.8 Å². The number of nitrogens with two attached hydrogens (primary N) is 1. The van der Waals surface area contributed by atoms with Crippen molar-refractivity contribution in [3.05, 3.63) is 98.5 Å². The summed E-state index contributed by atoms with van der Waals surface area (Å²) in [6.45, 7) is -0.520. The Labute approximate surface area is 273 Å². The third-order valence-corrected chi connectivity index (χ3v) is 11.3. The van der Waals surface area contributed by atoms with E-state index in [0.717, 1.165) is 45.9 Å². The van der Waals surface area contributed by atoms with Crippen molar-refractivity contribution in [1.82, 2.24) is 4.57 Å². The zero-order valence-corrected chi connectivity index (χ0v) is 26.5. The highest BCUT2D eigenvalue weighted by Gasteiger charge is 2.58. The average Bonchev–Trinajstić information content (AvgIpc) is 3.46. The number of alkyl halides is 3. The smallest absolute Gasteiger partial charge is 0.418 e. The molecule has 1 saturated heterocycles. The molecule has 2 aliphatic rings. The maximum absolute atomic E-state index is 14.1. The van der Waals surface area contributed by atoms with E-state index in [4.69, 9.17) is 9.88 Å². The summed E-state index contributed by atoms with van der Waals surface area (Å²) >= 11 is 1.60. The Morgan fingerprint density at radius 1 is 0.979 bits per heavy atom. The number of hydrogen-bond donors (Lipinski definition) is 2. The summed E-state index contributed by atoms with van der Waals surface area (Å²) in [4.78, 5) is 54.6. The molecule has 47 heavy (non-hydrogen) atoms. The van der Waals surface area contributed by atoms with Gasteiger partial charge in [0, 0.05) is 22.0 Å². The number of thioether (sulfide) groups is 1. The summed E-state index contributed by atoms with van der Waals surface area (Å²) in [5.74, 6) is -4.26. The number of nitrogens with one attached hydrogen (secondary N) is 1. The SMILES string of the molecule is COc1ccccc1C1c2sc(=O)n(CC(=O)Nc3ccc(S(N)(=O)=O)cc3)c2SC2C(=O)N(c3ccccc3C(F)(F)F)C(=O)C21. The van der Waals surface area contributed by atoms with Gasteiger partial charge in [0.15, 0.2) is 0 Å². The van der Waals surface area contributed by atoms with Gasteiger partial charge < -0.3 is 10.1 Å². The van der Waals surface area contributed by atoms with Crippen LogP contribution in [0, 0.1) is 5.92 Å². The molecule has 4 aromatic rings. The van der Waals surface area contributed by atoms with Crippen molar-refractivity contribution in [2.24, 2.45) is 11.1 Å². The van der Waals surface area contributed by atoms with E-state index in [1.807, 2.05) is 0 Å². The second kappa shape index (κ2) is 12.0. The van der Waals surface area contributed by atoms with Crippen molar-refractivity contribution in [3.8, 4) is 5.75 Å². The number of anilines is 2. The van der Waals surface area contributed by atoms with E-state index >= 15 is 0 Å². The molecule has 244 valence electrons. The molecule has 3 N–H and O–H groups in total. The Morgan fingerprint density at radius 3 is 2.30 bits per heavy atom. The molecule has 6 rings (SSSR count). The zero-order valence-electron chi connectivity index (χ0n) is 24.1. The van der Waals surface area contributed by atoms with Crippen LogP contribution in [0.25, 0.3) is 0 Å². The van der Waals surface area contributed by atoms with Gasteiger partial charge in [-0.1, -0.05) is 53.4 Å². The van der Waals surface area contributed by atoms with Gasteiger partial charge in [-0.15, -0.1) is 0 Å². The standard InChI is InChI=1S/C30H23F3N4O7S3/c1-44-20-9-5-2-6-17(20)22-23-24(27(40)37(26(23)39)19-8-4-3-7-18(19)30(31,32)33)45-28-25(22)46-29(41)36(28)14-21(38)35-15-10-12-16(13-11-15)47(34,42)43/h2-13,22-24H,14H2,1H3,(H,35,38)(H2,34,42,43). The first-order chi connectivity index (χ1) is 22.2. The molecule has 1 aromatic heterocycles. The van der Waals surface area contributed by atoms with E-state index in [2.05, 4.69) is 5.32 Å². The number of amides is 3. The molecule has 0 aliphatic carbocycles. The molecular formula is C30H23F3N4O7S3. The summed E-state index contributed by atoms with van der Waals surface area (Å²) in [7, 11) is -2.57. The van der Waals surface area contributed by atoms with Gasteiger partial charge in [0.05, 0.1) is 34.2 Å². The number of fused-ring (bicyclic) bond motifs is 2. The fourth-order valence-electron chi connectivity index (χ4n) is 5.73. The molecule has 0 spiro atoms. The second-order valence-corrected chi connectivity index (χ2v) is 14.2. The topological polar surface area (TPSA) is 158 Å². The number of benzene rings is 3. The number of carbonyl (C=O) groups excluding carboxylic acids is 3. The molecule has 1 fully saturated rings. The van der Waals surface area contributed by atoms with Crippen molar-refractivity contribution in [1.29, 1.82) is 0 Å². The lowest BCUT2D eigenvalue weighted by Gasteiger charge is -2.31. The Bertz CT molecular complexity index is 2100. The molecule has 3 unspecified atom stereocenters. The number of rotatable bonds is 7. The first kappa shape index (κ1) is 32.5. The van der Waals surface area contributed by atoms with E-state index in [1.165, 1.54) is 37.4 Å². The van der Waals surface area contributed by atoms with Crippen LogP contribution in [0.4, 0.5) is 24.5 Å². The third kappa shape index (κ3) is 5.83. The number of sulfonamides is 1. The third-order valence-electron chi connectivity index (χ3n) is 7.74. The fraction of sp³-hybridized carbons (Fsp3) is 0.200. The van der Waals surface area contributed by atoms with Crippen molar-refractivity contribution < 1.29 is 40.7 Å². The Hall–Kier alpha value is -4.45. The van der Waals surface area contributed by atoms with Gasteiger partial charge >= 0.3 is 11.0 Å². The van der Waals surface area contributed by atoms with Crippen LogP contribution in [0.2, 0.25) is 0 Å². The lowest BCUT2D eigenvalue weighted by molar-refractivity contribution is -0.137. The van der Waals surface area contributed by atoms with Gasteiger partial charge in [-0.25, -0.2) is 18.5 Å². The molecule has 3 aromatic carbocycles. The van der Waals surface area contributed by atoms with Gasteiger partial charge in [0.2, 0.25) is 27.7 Å². The molecule has 3 amide bonds.